The Bertz CT molecular complexity index is 570. The second kappa shape index (κ2) is 7.57. The highest BCUT2D eigenvalue weighted by Gasteiger charge is 2.09. The third-order valence-electron chi connectivity index (χ3n) is 3.62. The van der Waals surface area contributed by atoms with Gasteiger partial charge in [0, 0.05) is 21.8 Å². The summed E-state index contributed by atoms with van der Waals surface area (Å²) in [7, 11) is 1.98. The van der Waals surface area contributed by atoms with E-state index in [0.29, 0.717) is 0 Å². The van der Waals surface area contributed by atoms with Crippen molar-refractivity contribution in [2.45, 2.75) is 31.6 Å². The summed E-state index contributed by atoms with van der Waals surface area (Å²) in [5.41, 5.74) is 4.57. The molecule has 0 fully saturated rings. The molecular formula is C17H23N3S. The van der Waals surface area contributed by atoms with Gasteiger partial charge in [-0.25, -0.2) is 9.97 Å². The van der Waals surface area contributed by atoms with Gasteiger partial charge in [0.25, 0.3) is 0 Å². The first-order valence-corrected chi connectivity index (χ1v) is 8.51. The van der Waals surface area contributed by atoms with Crippen LogP contribution in [0.4, 0.5) is 0 Å². The third kappa shape index (κ3) is 4.05. The minimum Gasteiger partial charge on any atom is -0.320 e. The van der Waals surface area contributed by atoms with Crippen LogP contribution in [-0.4, -0.2) is 29.8 Å². The molecule has 1 aromatic heterocycles. The smallest absolute Gasteiger partial charge is 0.159 e. The summed E-state index contributed by atoms with van der Waals surface area (Å²) < 4.78 is 0. The van der Waals surface area contributed by atoms with Crippen molar-refractivity contribution in [3.63, 3.8) is 0 Å². The number of benzene rings is 1. The quantitative estimate of drug-likeness (QED) is 0.653. The van der Waals surface area contributed by atoms with Gasteiger partial charge in [-0.15, -0.1) is 11.8 Å². The molecule has 0 saturated heterocycles. The first-order chi connectivity index (χ1) is 10.2. The minimum absolute atomic E-state index is 0.829. The Morgan fingerprint density at radius 2 is 1.67 bits per heavy atom. The lowest BCUT2D eigenvalue weighted by Gasteiger charge is -2.11. The normalized spacial score (nSPS) is 10.9. The van der Waals surface area contributed by atoms with Gasteiger partial charge in [0.15, 0.2) is 5.82 Å². The third-order valence-corrected chi connectivity index (χ3v) is 4.37. The lowest BCUT2D eigenvalue weighted by atomic mass is 10.1. The number of thioether (sulfide) groups is 1. The van der Waals surface area contributed by atoms with Gasteiger partial charge in [-0.1, -0.05) is 12.1 Å². The largest absolute Gasteiger partial charge is 0.320 e. The van der Waals surface area contributed by atoms with Crippen LogP contribution in [0.25, 0.3) is 11.4 Å². The van der Waals surface area contributed by atoms with E-state index in [1.807, 2.05) is 7.05 Å². The fraction of sp³-hybridized carbons (Fsp3) is 0.412. The van der Waals surface area contributed by atoms with Gasteiger partial charge >= 0.3 is 0 Å². The van der Waals surface area contributed by atoms with Crippen molar-refractivity contribution >= 4 is 11.8 Å². The van der Waals surface area contributed by atoms with Gasteiger partial charge in [0.2, 0.25) is 0 Å². The Balaban J connectivity index is 2.25. The number of nitrogens with one attached hydrogen (secondary N) is 1. The average molecular weight is 301 g/mol. The molecule has 1 N–H and O–H groups in total. The Morgan fingerprint density at radius 3 is 2.19 bits per heavy atom. The van der Waals surface area contributed by atoms with E-state index in [-0.39, 0.29) is 0 Å². The predicted octanol–water partition coefficient (Wildman–Crippen LogP) is 3.63. The highest BCUT2D eigenvalue weighted by Crippen LogP contribution is 2.22. The zero-order chi connectivity index (χ0) is 15.2. The molecule has 0 aliphatic heterocycles. The van der Waals surface area contributed by atoms with Crippen molar-refractivity contribution in [1.82, 2.24) is 15.3 Å². The zero-order valence-corrected chi connectivity index (χ0v) is 14.0. The predicted molar refractivity (Wildman–Crippen MR) is 91.0 cm³/mol. The Morgan fingerprint density at radius 1 is 1.05 bits per heavy atom. The van der Waals surface area contributed by atoms with Crippen LogP contribution in [-0.2, 0) is 6.42 Å². The number of hydrogen-bond acceptors (Lipinski definition) is 4. The molecule has 0 saturated carbocycles. The fourth-order valence-corrected chi connectivity index (χ4v) is 2.82. The number of nitrogens with zero attached hydrogens (tertiary/aromatic N) is 2. The maximum atomic E-state index is 4.70. The molecule has 21 heavy (non-hydrogen) atoms. The topological polar surface area (TPSA) is 37.8 Å². The molecule has 2 rings (SSSR count). The number of hydrogen-bond donors (Lipinski definition) is 1. The first-order valence-electron chi connectivity index (χ1n) is 7.29. The molecule has 3 nitrogen and oxygen atoms in total. The molecule has 4 heteroatoms. The lowest BCUT2D eigenvalue weighted by molar-refractivity contribution is 0.715. The van der Waals surface area contributed by atoms with Crippen LogP contribution >= 0.6 is 11.8 Å². The lowest BCUT2D eigenvalue weighted by Crippen LogP contribution is -2.10. The van der Waals surface area contributed by atoms with Crippen LogP contribution in [0.5, 0.6) is 0 Å². The molecule has 2 aromatic rings. The van der Waals surface area contributed by atoms with E-state index >= 15 is 0 Å². The SMILES string of the molecule is CNCCCc1c(C)nc(-c2ccc(SC)cc2)nc1C. The van der Waals surface area contributed by atoms with Crippen molar-refractivity contribution in [2.75, 3.05) is 19.8 Å². The number of rotatable bonds is 6. The van der Waals surface area contributed by atoms with Crippen LogP contribution < -0.4 is 5.32 Å². The van der Waals surface area contributed by atoms with Crippen LogP contribution in [0.2, 0.25) is 0 Å². The minimum atomic E-state index is 0.829. The molecule has 0 spiro atoms. The molecule has 0 unspecified atom stereocenters. The molecule has 112 valence electrons. The number of aryl methyl sites for hydroxylation is 2. The van der Waals surface area contributed by atoms with Crippen LogP contribution in [0.15, 0.2) is 29.2 Å². The molecule has 0 amide bonds. The first kappa shape index (κ1) is 16.0. The number of aromatic nitrogens is 2. The molecule has 0 aliphatic carbocycles. The monoisotopic (exact) mass is 301 g/mol. The maximum absolute atomic E-state index is 4.70. The Labute approximate surface area is 131 Å². The molecule has 0 atom stereocenters. The van der Waals surface area contributed by atoms with Crippen molar-refractivity contribution in [1.29, 1.82) is 0 Å². The summed E-state index contributed by atoms with van der Waals surface area (Å²) >= 11 is 1.75. The van der Waals surface area contributed by atoms with E-state index in [4.69, 9.17) is 9.97 Å². The molecular weight excluding hydrogens is 278 g/mol. The van der Waals surface area contributed by atoms with Gasteiger partial charge in [-0.3, -0.25) is 0 Å². The van der Waals surface area contributed by atoms with Crippen LogP contribution in [0, 0.1) is 13.8 Å². The van der Waals surface area contributed by atoms with Gasteiger partial charge in [-0.05, 0) is 64.2 Å². The Kier molecular flexibility index (Phi) is 5.76. The summed E-state index contributed by atoms with van der Waals surface area (Å²) in [5.74, 6) is 0.829. The van der Waals surface area contributed by atoms with E-state index < -0.39 is 0 Å². The fourth-order valence-electron chi connectivity index (χ4n) is 2.41. The van der Waals surface area contributed by atoms with Crippen molar-refractivity contribution in [2.24, 2.45) is 0 Å². The summed E-state index contributed by atoms with van der Waals surface area (Å²) in [6.45, 7) is 5.20. The molecule has 1 heterocycles. The highest BCUT2D eigenvalue weighted by molar-refractivity contribution is 7.98. The van der Waals surface area contributed by atoms with Gasteiger partial charge < -0.3 is 5.32 Å². The summed E-state index contributed by atoms with van der Waals surface area (Å²) in [6, 6.07) is 8.44. The summed E-state index contributed by atoms with van der Waals surface area (Å²) in [6.07, 6.45) is 4.23. The van der Waals surface area contributed by atoms with Crippen LogP contribution in [0.3, 0.4) is 0 Å². The zero-order valence-electron chi connectivity index (χ0n) is 13.2. The van der Waals surface area contributed by atoms with Crippen molar-refractivity contribution in [3.8, 4) is 11.4 Å². The van der Waals surface area contributed by atoms with E-state index in [2.05, 4.69) is 49.7 Å². The summed E-state index contributed by atoms with van der Waals surface area (Å²) in [5, 5.41) is 3.18. The molecule has 0 aliphatic rings. The van der Waals surface area contributed by atoms with Crippen molar-refractivity contribution < 1.29 is 0 Å². The molecule has 0 bridgehead atoms. The van der Waals surface area contributed by atoms with Crippen LogP contribution in [0.1, 0.15) is 23.4 Å². The van der Waals surface area contributed by atoms with Gasteiger partial charge in [-0.2, -0.15) is 0 Å². The maximum Gasteiger partial charge on any atom is 0.159 e. The van der Waals surface area contributed by atoms with Gasteiger partial charge in [0.05, 0.1) is 0 Å². The standard InChI is InChI=1S/C17H23N3S/c1-12-16(6-5-11-18-3)13(2)20-17(19-12)14-7-9-15(21-4)10-8-14/h7-10,18H,5-6,11H2,1-4H3. The van der Waals surface area contributed by atoms with E-state index in [9.17, 15) is 0 Å². The second-order valence-corrected chi connectivity index (χ2v) is 6.01. The average Bonchev–Trinajstić information content (AvgIpc) is 2.50. The summed E-state index contributed by atoms with van der Waals surface area (Å²) in [4.78, 5) is 10.7. The van der Waals surface area contributed by atoms with E-state index in [0.717, 1.165) is 42.2 Å². The van der Waals surface area contributed by atoms with Crippen molar-refractivity contribution in [3.05, 3.63) is 41.2 Å². The molecule has 1 aromatic carbocycles. The Hall–Kier alpha value is -1.39. The second-order valence-electron chi connectivity index (χ2n) is 5.13. The van der Waals surface area contributed by atoms with Gasteiger partial charge in [0.1, 0.15) is 0 Å². The molecule has 0 radical (unpaired) electrons. The van der Waals surface area contributed by atoms with E-state index in [1.165, 1.54) is 10.5 Å². The van der Waals surface area contributed by atoms with E-state index in [1.54, 1.807) is 11.8 Å². The highest BCUT2D eigenvalue weighted by atomic mass is 32.2.